The van der Waals surface area contributed by atoms with E-state index in [4.69, 9.17) is 0 Å². The van der Waals surface area contributed by atoms with Crippen LogP contribution in [0, 0.1) is 0 Å². The van der Waals surface area contributed by atoms with E-state index in [0.717, 1.165) is 0 Å². The minimum Gasteiger partial charge on any atom is -0.283 e. The van der Waals surface area contributed by atoms with Crippen LogP contribution in [0.2, 0.25) is 6.55 Å². The van der Waals surface area contributed by atoms with Gasteiger partial charge in [0, 0.05) is 6.55 Å². The molecule has 0 aromatic rings. The van der Waals surface area contributed by atoms with Gasteiger partial charge in [-0.2, -0.15) is 21.6 Å². The van der Waals surface area contributed by atoms with Crippen LogP contribution in [-0.2, 0) is 22.8 Å². The Morgan fingerprint density at radius 2 is 1.10 bits per heavy atom. The summed E-state index contributed by atoms with van der Waals surface area (Å²) >= 11 is 0. The zero-order chi connectivity index (χ0) is 16.6. The summed E-state index contributed by atoms with van der Waals surface area (Å²) in [6.07, 6.45) is -11.8. The molecule has 0 spiro atoms. The van der Waals surface area contributed by atoms with E-state index in [1.165, 1.54) is 0 Å². The normalized spacial score (nSPS) is 15.5. The lowest BCUT2D eigenvalue weighted by Gasteiger charge is -2.27. The predicted molar refractivity (Wildman–Crippen MR) is 42.0 cm³/mol. The second-order valence-electron chi connectivity index (χ2n) is 2.94. The maximum absolute atomic E-state index is 11.9. The Bertz CT molecular complexity index is 419. The van der Waals surface area contributed by atoms with Gasteiger partial charge >= 0.3 is 37.2 Å². The van der Waals surface area contributed by atoms with E-state index in [0.29, 0.717) is 0 Å². The second kappa shape index (κ2) is 5.32. The minimum absolute atomic E-state index is 0.322. The SMILES string of the molecule is C[Si](OC(F)(F)F)(OC(F)(F)F)OS(=O)(=O)C(F)(F)F. The molecule has 0 aliphatic heterocycles. The number of rotatable bonds is 4. The van der Waals surface area contributed by atoms with Gasteiger partial charge in [0.15, 0.2) is 0 Å². The Morgan fingerprint density at radius 3 is 1.30 bits per heavy atom. The first kappa shape index (κ1) is 19.4. The molecule has 0 fully saturated rings. The van der Waals surface area contributed by atoms with Crippen molar-refractivity contribution in [1.29, 1.82) is 0 Å². The fraction of sp³-hybridized carbons (Fsp3) is 1.00. The summed E-state index contributed by atoms with van der Waals surface area (Å²) in [6.45, 7) is -0.322. The third kappa shape index (κ3) is 6.73. The van der Waals surface area contributed by atoms with Crippen LogP contribution in [0.3, 0.4) is 0 Å². The molecule has 5 nitrogen and oxygen atoms in total. The number of alkyl halides is 9. The van der Waals surface area contributed by atoms with Gasteiger partial charge < -0.3 is 0 Å². The van der Waals surface area contributed by atoms with Crippen molar-refractivity contribution in [3.05, 3.63) is 0 Å². The van der Waals surface area contributed by atoms with Gasteiger partial charge in [-0.15, -0.1) is 26.3 Å². The summed E-state index contributed by atoms with van der Waals surface area (Å²) in [5.74, 6) is 0. The molecule has 122 valence electrons. The van der Waals surface area contributed by atoms with Gasteiger partial charge in [0.1, 0.15) is 0 Å². The summed E-state index contributed by atoms with van der Waals surface area (Å²) in [4.78, 5) is 0. The quantitative estimate of drug-likeness (QED) is 0.437. The van der Waals surface area contributed by atoms with Crippen LogP contribution in [0.1, 0.15) is 0 Å². The van der Waals surface area contributed by atoms with Crippen molar-refractivity contribution in [3.8, 4) is 0 Å². The highest BCUT2D eigenvalue weighted by Crippen LogP contribution is 2.34. The maximum Gasteiger partial charge on any atom is 0.525 e. The molecule has 0 aromatic carbocycles. The average Bonchev–Trinajstić information content (AvgIpc) is 1.88. The lowest BCUT2D eigenvalue weighted by molar-refractivity contribution is -0.331. The van der Waals surface area contributed by atoms with E-state index < -0.39 is 37.2 Å². The predicted octanol–water partition coefficient (Wildman–Crippen LogP) is 2.49. The van der Waals surface area contributed by atoms with Crippen LogP contribution in [0.4, 0.5) is 39.5 Å². The Morgan fingerprint density at radius 1 is 0.800 bits per heavy atom. The molecule has 0 aliphatic carbocycles. The second-order valence-corrected chi connectivity index (χ2v) is 7.11. The summed E-state index contributed by atoms with van der Waals surface area (Å²) in [7, 11) is -13.1. The van der Waals surface area contributed by atoms with E-state index in [-0.39, 0.29) is 6.55 Å². The molecule has 0 rings (SSSR count). The lowest BCUT2D eigenvalue weighted by Crippen LogP contribution is -2.52. The van der Waals surface area contributed by atoms with Crippen LogP contribution >= 0.6 is 0 Å². The maximum atomic E-state index is 11.9. The third-order valence-corrected chi connectivity index (χ3v) is 5.01. The van der Waals surface area contributed by atoms with Crippen LogP contribution in [0.15, 0.2) is 0 Å². The fourth-order valence-corrected chi connectivity index (χ4v) is 3.85. The molecule has 0 saturated carbocycles. The Balaban J connectivity index is 5.47. The Kier molecular flexibility index (Phi) is 5.16. The largest absolute Gasteiger partial charge is 0.525 e. The Hall–Kier alpha value is -0.583. The zero-order valence-electron chi connectivity index (χ0n) is 8.85. The first-order chi connectivity index (χ1) is 8.37. The molecule has 0 heterocycles. The van der Waals surface area contributed by atoms with Crippen LogP contribution in [-0.4, -0.2) is 35.5 Å². The number of hydrogen-bond acceptors (Lipinski definition) is 5. The molecule has 0 radical (unpaired) electrons. The fourth-order valence-electron chi connectivity index (χ4n) is 0.722. The van der Waals surface area contributed by atoms with Gasteiger partial charge in [-0.05, 0) is 0 Å². The van der Waals surface area contributed by atoms with Crippen molar-refractivity contribution in [3.63, 3.8) is 0 Å². The smallest absolute Gasteiger partial charge is 0.283 e. The first-order valence-corrected chi connectivity index (χ1v) is 7.56. The average molecular weight is 362 g/mol. The van der Waals surface area contributed by atoms with Crippen LogP contribution in [0.5, 0.6) is 0 Å². The highest BCUT2D eigenvalue weighted by Gasteiger charge is 2.60. The molecule has 0 amide bonds. The summed E-state index contributed by atoms with van der Waals surface area (Å²) in [5, 5.41) is 0. The van der Waals surface area contributed by atoms with Crippen molar-refractivity contribution in [2.45, 2.75) is 24.8 Å². The monoisotopic (exact) mass is 362 g/mol. The zero-order valence-corrected chi connectivity index (χ0v) is 10.7. The van der Waals surface area contributed by atoms with E-state index in [2.05, 4.69) is 12.7 Å². The first-order valence-electron chi connectivity index (χ1n) is 3.93. The Labute approximate surface area is 105 Å². The minimum atomic E-state index is -6.79. The standard InChI is InChI=1S/C4H3F9O5SSi/c1-20(16-2(5,6)7,17-3(8,9)10)18-19(14,15)4(11,12)13/h1H3. The van der Waals surface area contributed by atoms with Crippen LogP contribution < -0.4 is 0 Å². The van der Waals surface area contributed by atoms with Gasteiger partial charge in [0.05, 0.1) is 0 Å². The molecule has 0 aliphatic rings. The summed E-state index contributed by atoms with van der Waals surface area (Å²) in [6, 6.07) is 0. The van der Waals surface area contributed by atoms with Crippen molar-refractivity contribution in [2.75, 3.05) is 0 Å². The molecule has 16 heteroatoms. The molecule has 0 saturated heterocycles. The van der Waals surface area contributed by atoms with E-state index >= 15 is 0 Å². The highest BCUT2D eigenvalue weighted by atomic mass is 32.2. The third-order valence-electron chi connectivity index (χ3n) is 1.15. The molecule has 0 unspecified atom stereocenters. The molecule has 0 bridgehead atoms. The molecular formula is C4H3F9O5SSi. The highest BCUT2D eigenvalue weighted by molar-refractivity contribution is 7.88. The van der Waals surface area contributed by atoms with Crippen molar-refractivity contribution in [1.82, 2.24) is 0 Å². The molecular weight excluding hydrogens is 359 g/mol. The van der Waals surface area contributed by atoms with Crippen molar-refractivity contribution >= 4 is 18.9 Å². The number of hydrogen-bond donors (Lipinski definition) is 0. The van der Waals surface area contributed by atoms with E-state index in [1.807, 2.05) is 0 Å². The van der Waals surface area contributed by atoms with Gasteiger partial charge in [-0.25, -0.2) is 0 Å². The van der Waals surface area contributed by atoms with E-state index in [9.17, 15) is 47.9 Å². The van der Waals surface area contributed by atoms with Gasteiger partial charge in [-0.3, -0.25) is 12.7 Å². The van der Waals surface area contributed by atoms with Crippen molar-refractivity contribution in [2.24, 2.45) is 0 Å². The topological polar surface area (TPSA) is 61.8 Å². The molecule has 0 atom stereocenters. The van der Waals surface area contributed by atoms with Gasteiger partial charge in [0.2, 0.25) is 0 Å². The van der Waals surface area contributed by atoms with Crippen molar-refractivity contribution < 1.29 is 60.7 Å². The van der Waals surface area contributed by atoms with Crippen LogP contribution in [0.25, 0.3) is 0 Å². The summed E-state index contributed by atoms with van der Waals surface area (Å²) in [5.41, 5.74) is -6.26. The number of halogens is 9. The molecule has 20 heavy (non-hydrogen) atoms. The molecule has 0 N–H and O–H groups in total. The summed E-state index contributed by atoms with van der Waals surface area (Å²) < 4.78 is 135. The van der Waals surface area contributed by atoms with Gasteiger partial charge in [0.25, 0.3) is 0 Å². The lowest BCUT2D eigenvalue weighted by atomic mass is 11.4. The molecule has 0 aromatic heterocycles. The van der Waals surface area contributed by atoms with E-state index in [1.54, 1.807) is 0 Å². The van der Waals surface area contributed by atoms with Gasteiger partial charge in [-0.1, -0.05) is 0 Å².